The van der Waals surface area contributed by atoms with Gasteiger partial charge in [-0.1, -0.05) is 11.6 Å². The van der Waals surface area contributed by atoms with Gasteiger partial charge in [0.25, 0.3) is 0 Å². The Morgan fingerprint density at radius 1 is 1.42 bits per heavy atom. The minimum Gasteiger partial charge on any atom is -0.478 e. The van der Waals surface area contributed by atoms with Crippen LogP contribution in [0.2, 0.25) is 0 Å². The second kappa shape index (κ2) is 5.21. The van der Waals surface area contributed by atoms with Gasteiger partial charge in [-0.05, 0) is 31.5 Å². The number of aliphatic imine (C=N–C) groups is 1. The third-order valence-electron chi connectivity index (χ3n) is 4.95. The molecule has 0 fully saturated rings. The largest absolute Gasteiger partial charge is 0.478 e. The van der Waals surface area contributed by atoms with E-state index in [1.807, 2.05) is 6.92 Å². The summed E-state index contributed by atoms with van der Waals surface area (Å²) in [6, 6.07) is 6.47. The summed E-state index contributed by atoms with van der Waals surface area (Å²) in [6.45, 7) is 5.71. The SMILES string of the molecule is Cc1ccc2[nH]c3c(c2c1)CN(C1(C)N=CC(C(=O)O)=CN1)CC3. The summed E-state index contributed by atoms with van der Waals surface area (Å²) in [6.07, 6.45) is 3.89. The van der Waals surface area contributed by atoms with Gasteiger partial charge in [-0.2, -0.15) is 0 Å². The Labute approximate surface area is 139 Å². The molecule has 1 aromatic carbocycles. The summed E-state index contributed by atoms with van der Waals surface area (Å²) in [7, 11) is 0. The number of carboxylic acids is 1. The van der Waals surface area contributed by atoms with Gasteiger partial charge in [0, 0.05) is 48.5 Å². The Kier molecular flexibility index (Phi) is 3.25. The molecule has 0 aliphatic carbocycles. The fourth-order valence-corrected chi connectivity index (χ4v) is 3.47. The average molecular weight is 324 g/mol. The molecule has 0 amide bonds. The maximum Gasteiger partial charge on any atom is 0.338 e. The number of aromatic nitrogens is 1. The van der Waals surface area contributed by atoms with Crippen molar-refractivity contribution in [3.63, 3.8) is 0 Å². The third kappa shape index (κ3) is 2.30. The quantitative estimate of drug-likeness (QED) is 0.791. The van der Waals surface area contributed by atoms with E-state index < -0.39 is 11.8 Å². The first kappa shape index (κ1) is 15.0. The van der Waals surface area contributed by atoms with Gasteiger partial charge in [0.2, 0.25) is 0 Å². The predicted molar refractivity (Wildman–Crippen MR) is 92.9 cm³/mol. The normalized spacial score (nSPS) is 23.7. The lowest BCUT2D eigenvalue weighted by Gasteiger charge is -2.41. The molecule has 0 bridgehead atoms. The Morgan fingerprint density at radius 2 is 2.25 bits per heavy atom. The molecule has 124 valence electrons. The fraction of sp³-hybridized carbons (Fsp3) is 0.333. The number of fused-ring (bicyclic) bond motifs is 3. The smallest absolute Gasteiger partial charge is 0.338 e. The average Bonchev–Trinajstić information content (AvgIpc) is 2.92. The Balaban J connectivity index is 1.65. The molecule has 1 aromatic heterocycles. The van der Waals surface area contributed by atoms with Crippen LogP contribution in [0, 0.1) is 6.92 Å². The number of nitrogens with one attached hydrogen (secondary N) is 2. The lowest BCUT2D eigenvalue weighted by molar-refractivity contribution is -0.132. The van der Waals surface area contributed by atoms with Crippen LogP contribution in [0.1, 0.15) is 23.7 Å². The highest BCUT2D eigenvalue weighted by Crippen LogP contribution is 2.31. The van der Waals surface area contributed by atoms with E-state index in [1.54, 1.807) is 0 Å². The van der Waals surface area contributed by atoms with Gasteiger partial charge in [-0.25, -0.2) is 9.79 Å². The standard InChI is InChI=1S/C18H20N4O2/c1-11-3-4-15-13(7-11)14-10-22(6-5-16(14)21-15)18(2)19-8-12(9-20-18)17(23)24/h3-4,7-9,19,21H,5-6,10H2,1-2H3,(H,23,24). The number of H-pyrrole nitrogens is 1. The molecule has 3 N–H and O–H groups in total. The van der Waals surface area contributed by atoms with Crippen LogP contribution in [0.4, 0.5) is 0 Å². The van der Waals surface area contributed by atoms with Gasteiger partial charge in [0.1, 0.15) is 0 Å². The second-order valence-corrected chi connectivity index (χ2v) is 6.63. The first-order chi connectivity index (χ1) is 11.5. The predicted octanol–water partition coefficient (Wildman–Crippen LogP) is 2.15. The Hall–Kier alpha value is -2.60. The van der Waals surface area contributed by atoms with E-state index >= 15 is 0 Å². The molecule has 6 heteroatoms. The maximum absolute atomic E-state index is 11.0. The Morgan fingerprint density at radius 3 is 2.96 bits per heavy atom. The number of aliphatic carboxylic acids is 1. The number of benzene rings is 1. The minimum absolute atomic E-state index is 0.174. The van der Waals surface area contributed by atoms with Gasteiger partial charge in [-0.15, -0.1) is 0 Å². The zero-order valence-corrected chi connectivity index (χ0v) is 13.8. The van der Waals surface area contributed by atoms with E-state index in [-0.39, 0.29) is 5.57 Å². The van der Waals surface area contributed by atoms with Gasteiger partial charge < -0.3 is 15.4 Å². The molecule has 4 rings (SSSR count). The zero-order chi connectivity index (χ0) is 16.9. The Bertz CT molecular complexity index is 896. The highest BCUT2D eigenvalue weighted by Gasteiger charge is 2.35. The molecule has 1 atom stereocenters. The highest BCUT2D eigenvalue weighted by atomic mass is 16.4. The molecule has 0 saturated heterocycles. The molecular weight excluding hydrogens is 304 g/mol. The summed E-state index contributed by atoms with van der Waals surface area (Å²) in [5.41, 5.74) is 5.19. The lowest BCUT2D eigenvalue weighted by Crippen LogP contribution is -2.56. The molecular formula is C18H20N4O2. The van der Waals surface area contributed by atoms with Gasteiger partial charge in [0.15, 0.2) is 5.79 Å². The van der Waals surface area contributed by atoms with Gasteiger partial charge in [0.05, 0.1) is 5.57 Å². The van der Waals surface area contributed by atoms with Crippen molar-refractivity contribution in [1.82, 2.24) is 15.2 Å². The van der Waals surface area contributed by atoms with Crippen LogP contribution in [0.5, 0.6) is 0 Å². The van der Waals surface area contributed by atoms with E-state index in [1.165, 1.54) is 40.1 Å². The van der Waals surface area contributed by atoms with Crippen molar-refractivity contribution >= 4 is 23.1 Å². The molecule has 2 aliphatic heterocycles. The summed E-state index contributed by atoms with van der Waals surface area (Å²) in [4.78, 5) is 21.3. The molecule has 0 radical (unpaired) electrons. The number of nitrogens with zero attached hydrogens (tertiary/aromatic N) is 2. The highest BCUT2D eigenvalue weighted by molar-refractivity contribution is 6.08. The molecule has 1 unspecified atom stereocenters. The number of aryl methyl sites for hydroxylation is 1. The van der Waals surface area contributed by atoms with Gasteiger partial charge in [-0.3, -0.25) is 4.90 Å². The number of rotatable bonds is 2. The van der Waals surface area contributed by atoms with Crippen LogP contribution in [0.3, 0.4) is 0 Å². The summed E-state index contributed by atoms with van der Waals surface area (Å²) in [5, 5.41) is 13.5. The van der Waals surface area contributed by atoms with Crippen LogP contribution in [-0.2, 0) is 17.8 Å². The number of aromatic amines is 1. The van der Waals surface area contributed by atoms with E-state index in [4.69, 9.17) is 5.11 Å². The molecule has 3 heterocycles. The monoisotopic (exact) mass is 324 g/mol. The number of carbonyl (C=O) groups is 1. The number of hydrogen-bond acceptors (Lipinski definition) is 4. The van der Waals surface area contributed by atoms with Crippen molar-refractivity contribution in [2.24, 2.45) is 4.99 Å². The first-order valence-corrected chi connectivity index (χ1v) is 8.08. The van der Waals surface area contributed by atoms with E-state index in [0.717, 1.165) is 19.5 Å². The van der Waals surface area contributed by atoms with Crippen molar-refractivity contribution < 1.29 is 9.90 Å². The van der Waals surface area contributed by atoms with Crippen molar-refractivity contribution in [3.05, 3.63) is 46.8 Å². The zero-order valence-electron chi connectivity index (χ0n) is 13.8. The van der Waals surface area contributed by atoms with Crippen LogP contribution >= 0.6 is 0 Å². The third-order valence-corrected chi connectivity index (χ3v) is 4.95. The lowest BCUT2D eigenvalue weighted by atomic mass is 10.0. The topological polar surface area (TPSA) is 80.7 Å². The fourth-order valence-electron chi connectivity index (χ4n) is 3.47. The molecule has 2 aromatic rings. The van der Waals surface area contributed by atoms with Crippen molar-refractivity contribution in [3.8, 4) is 0 Å². The summed E-state index contributed by atoms with van der Waals surface area (Å²) < 4.78 is 0. The molecule has 6 nitrogen and oxygen atoms in total. The number of hydrogen-bond donors (Lipinski definition) is 3. The van der Waals surface area contributed by atoms with E-state index in [2.05, 4.69) is 45.3 Å². The molecule has 0 spiro atoms. The van der Waals surface area contributed by atoms with Crippen LogP contribution < -0.4 is 5.32 Å². The van der Waals surface area contributed by atoms with Crippen molar-refractivity contribution in [2.75, 3.05) is 6.54 Å². The van der Waals surface area contributed by atoms with Gasteiger partial charge >= 0.3 is 5.97 Å². The van der Waals surface area contributed by atoms with Crippen LogP contribution in [-0.4, -0.2) is 39.5 Å². The molecule has 0 saturated carbocycles. The maximum atomic E-state index is 11.0. The second-order valence-electron chi connectivity index (χ2n) is 6.63. The molecule has 2 aliphatic rings. The van der Waals surface area contributed by atoms with E-state index in [9.17, 15) is 4.79 Å². The summed E-state index contributed by atoms with van der Waals surface area (Å²) in [5.74, 6) is -1.59. The summed E-state index contributed by atoms with van der Waals surface area (Å²) >= 11 is 0. The van der Waals surface area contributed by atoms with Crippen molar-refractivity contribution in [1.29, 1.82) is 0 Å². The number of carboxylic acid groups (broad SMARTS) is 1. The van der Waals surface area contributed by atoms with Crippen LogP contribution in [0.25, 0.3) is 10.9 Å². The first-order valence-electron chi connectivity index (χ1n) is 8.08. The van der Waals surface area contributed by atoms with E-state index in [0.29, 0.717) is 0 Å². The van der Waals surface area contributed by atoms with Crippen molar-refractivity contribution in [2.45, 2.75) is 32.6 Å². The van der Waals surface area contributed by atoms with Crippen LogP contribution in [0.15, 0.2) is 35.0 Å². The minimum atomic E-state index is -0.971. The molecule has 24 heavy (non-hydrogen) atoms.